The minimum absolute atomic E-state index is 0.0166. The number of phosphoric acid groups is 1. The van der Waals surface area contributed by atoms with Crippen molar-refractivity contribution >= 4 is 52.1 Å². The number of aromatic nitrogens is 8. The Morgan fingerprint density at radius 2 is 1.57 bits per heavy atom. The van der Waals surface area contributed by atoms with Crippen LogP contribution in [0.4, 0.5) is 16.0 Å². The van der Waals surface area contributed by atoms with Crippen LogP contribution in [0.25, 0.3) is 22.3 Å². The van der Waals surface area contributed by atoms with Gasteiger partial charge >= 0.3 is 18.1 Å². The van der Waals surface area contributed by atoms with E-state index in [1.807, 2.05) is 0 Å². The summed E-state index contributed by atoms with van der Waals surface area (Å²) in [7, 11) is -8.32. The number of anilines is 2. The second kappa shape index (κ2) is 13.7. The van der Waals surface area contributed by atoms with E-state index in [0.717, 1.165) is 6.33 Å². The lowest BCUT2D eigenvalue weighted by Crippen LogP contribution is -2.46. The zero-order valence-electron chi connectivity index (χ0n) is 27.4. The standard InChI is InChI=1S/C28H31FN11O11PS/c1-45-14-4-2-13(3-5-14)7-46-22-21-16(49-28(22)40-12-37-19-24(31)33-10-35-26(19)40)8-47-52(41,42)50-20-15(6-38-53(43,44)51-21)48-27(17(20)29)39-11-36-18-23(30)32-9-34-25(18)39/h2-5,9-12,15-17,20-22,27-28,38H,6-8H2,1H3,(H,41,42)(H2,30,32,34)(H2,31,33,35)/t15-,16-,17-,20-,21-,22-,27-,28-/m1/s1. The molecule has 9 atom stereocenters. The van der Waals surface area contributed by atoms with E-state index in [2.05, 4.69) is 34.6 Å². The molecule has 3 aliphatic rings. The van der Waals surface area contributed by atoms with Crippen LogP contribution in [-0.4, -0.2) is 109 Å². The molecule has 4 aromatic heterocycles. The van der Waals surface area contributed by atoms with Crippen molar-refractivity contribution in [1.29, 1.82) is 0 Å². The van der Waals surface area contributed by atoms with E-state index in [1.165, 1.54) is 35.2 Å². The maximum absolute atomic E-state index is 16.1. The number of nitrogen functional groups attached to an aromatic ring is 2. The van der Waals surface area contributed by atoms with E-state index in [9.17, 15) is 17.9 Å². The van der Waals surface area contributed by atoms with Gasteiger partial charge in [-0.25, -0.2) is 43.0 Å². The molecule has 3 saturated heterocycles. The molecule has 5 aromatic rings. The molecular formula is C28H31FN11O11PS. The van der Waals surface area contributed by atoms with Crippen molar-refractivity contribution in [3.63, 3.8) is 0 Å². The molecule has 0 saturated carbocycles. The summed E-state index contributed by atoms with van der Waals surface area (Å²) in [6.07, 6.45) is -7.52. The summed E-state index contributed by atoms with van der Waals surface area (Å²) in [5, 5.41) is 0. The Labute approximate surface area is 298 Å². The molecule has 7 heterocycles. The second-order valence-corrected chi connectivity index (χ2v) is 14.9. The summed E-state index contributed by atoms with van der Waals surface area (Å²) >= 11 is 0. The number of rotatable bonds is 6. The first-order valence-electron chi connectivity index (χ1n) is 15.8. The smallest absolute Gasteiger partial charge is 0.472 e. The fourth-order valence-electron chi connectivity index (χ4n) is 6.31. The molecule has 22 nitrogen and oxygen atoms in total. The van der Waals surface area contributed by atoms with Gasteiger partial charge in [-0.15, -0.1) is 0 Å². The SMILES string of the molecule is COc1ccc(CO[C@@H]2[C@@H]3OS(=O)(=O)NC[C@H]4O[C@@H](n5cnc6c(N)ncnc65)[C@H](F)[C@@H]4O[P@](=O)(O)OC[C@H]3O[C@H]2n2cnc3c(N)ncnc32)cc1. The van der Waals surface area contributed by atoms with Crippen molar-refractivity contribution in [2.75, 3.05) is 31.7 Å². The highest BCUT2D eigenvalue weighted by atomic mass is 32.2. The van der Waals surface area contributed by atoms with Crippen molar-refractivity contribution in [2.24, 2.45) is 0 Å². The molecule has 3 fully saturated rings. The van der Waals surface area contributed by atoms with Crippen molar-refractivity contribution in [2.45, 2.75) is 55.8 Å². The summed E-state index contributed by atoms with van der Waals surface area (Å²) in [4.78, 5) is 35.4. The molecular weight excluding hydrogens is 748 g/mol. The number of methoxy groups -OCH3 is 1. The number of nitrogens with two attached hydrogens (primary N) is 2. The number of phosphoric ester groups is 1. The number of halogens is 1. The van der Waals surface area contributed by atoms with Gasteiger partial charge in [0.1, 0.15) is 60.0 Å². The number of alkyl halides is 1. The van der Waals surface area contributed by atoms with Gasteiger partial charge < -0.3 is 35.3 Å². The topological polar surface area (TPSA) is 287 Å². The largest absolute Gasteiger partial charge is 0.497 e. The third kappa shape index (κ3) is 6.78. The van der Waals surface area contributed by atoms with E-state index in [0.29, 0.717) is 11.3 Å². The number of nitrogens with one attached hydrogen (secondary N) is 1. The maximum atomic E-state index is 16.1. The van der Waals surface area contributed by atoms with E-state index in [4.69, 9.17) is 43.6 Å². The fourth-order valence-corrected chi connectivity index (χ4v) is 8.23. The van der Waals surface area contributed by atoms with Crippen LogP contribution in [0.3, 0.4) is 0 Å². The zero-order chi connectivity index (χ0) is 37.1. The lowest BCUT2D eigenvalue weighted by atomic mass is 10.1. The van der Waals surface area contributed by atoms with Gasteiger partial charge in [-0.1, -0.05) is 12.1 Å². The van der Waals surface area contributed by atoms with Crippen molar-refractivity contribution in [1.82, 2.24) is 43.8 Å². The lowest BCUT2D eigenvalue weighted by molar-refractivity contribution is -0.0754. The fraction of sp³-hybridized carbons (Fsp3) is 0.429. The number of hydrogen-bond acceptors (Lipinski definition) is 18. The summed E-state index contributed by atoms with van der Waals surface area (Å²) in [5.41, 5.74) is 13.2. The van der Waals surface area contributed by atoms with E-state index < -0.39 is 80.4 Å². The monoisotopic (exact) mass is 779 g/mol. The predicted molar refractivity (Wildman–Crippen MR) is 176 cm³/mol. The molecule has 282 valence electrons. The lowest BCUT2D eigenvalue weighted by Gasteiger charge is -2.27. The predicted octanol–water partition coefficient (Wildman–Crippen LogP) is 0.293. The molecule has 6 N–H and O–H groups in total. The average molecular weight is 780 g/mol. The number of ether oxygens (including phenoxy) is 4. The Balaban J connectivity index is 1.11. The molecule has 0 spiro atoms. The second-order valence-electron chi connectivity index (χ2n) is 12.1. The van der Waals surface area contributed by atoms with Crippen LogP contribution < -0.4 is 20.9 Å². The van der Waals surface area contributed by atoms with Crippen LogP contribution in [0.2, 0.25) is 0 Å². The van der Waals surface area contributed by atoms with Gasteiger partial charge in [-0.3, -0.25) is 18.2 Å². The van der Waals surface area contributed by atoms with E-state index in [-0.39, 0.29) is 40.6 Å². The number of hydrogen-bond donors (Lipinski definition) is 4. The minimum Gasteiger partial charge on any atom is -0.497 e. The maximum Gasteiger partial charge on any atom is 0.472 e. The molecule has 1 aromatic carbocycles. The summed E-state index contributed by atoms with van der Waals surface area (Å²) in [6, 6.07) is 6.90. The summed E-state index contributed by atoms with van der Waals surface area (Å²) in [6.45, 7) is -1.52. The summed E-state index contributed by atoms with van der Waals surface area (Å²) in [5.74, 6) is 0.683. The van der Waals surface area contributed by atoms with Gasteiger partial charge in [0.15, 0.2) is 41.6 Å². The van der Waals surface area contributed by atoms with E-state index >= 15 is 4.39 Å². The van der Waals surface area contributed by atoms with Crippen LogP contribution in [0, 0.1) is 0 Å². The Morgan fingerprint density at radius 1 is 0.943 bits per heavy atom. The first-order chi connectivity index (χ1) is 25.4. The van der Waals surface area contributed by atoms with Crippen molar-refractivity contribution < 1.29 is 54.4 Å². The molecule has 53 heavy (non-hydrogen) atoms. The summed E-state index contributed by atoms with van der Waals surface area (Å²) < 4.78 is 101. The van der Waals surface area contributed by atoms with Crippen molar-refractivity contribution in [3.05, 3.63) is 55.1 Å². The number of fused-ring (bicyclic) bond motifs is 4. The third-order valence-electron chi connectivity index (χ3n) is 8.83. The molecule has 0 radical (unpaired) electrons. The first kappa shape index (κ1) is 35.5. The Kier molecular flexibility index (Phi) is 9.21. The molecule has 8 rings (SSSR count). The van der Waals surface area contributed by atoms with Crippen LogP contribution in [-0.2, 0) is 48.9 Å². The quantitative estimate of drug-likeness (QED) is 0.168. The number of nitrogens with zero attached hydrogens (tertiary/aromatic N) is 8. The van der Waals surface area contributed by atoms with Gasteiger partial charge in [-0.05, 0) is 17.7 Å². The van der Waals surface area contributed by atoms with Gasteiger partial charge in [-0.2, -0.15) is 13.1 Å². The molecule has 0 unspecified atom stereocenters. The molecule has 0 amide bonds. The Morgan fingerprint density at radius 3 is 2.21 bits per heavy atom. The van der Waals surface area contributed by atoms with Crippen LogP contribution in [0.15, 0.2) is 49.6 Å². The van der Waals surface area contributed by atoms with Crippen LogP contribution >= 0.6 is 7.82 Å². The number of benzene rings is 1. The molecule has 0 bridgehead atoms. The normalized spacial score (nSPS) is 31.8. The molecule has 0 aliphatic carbocycles. The van der Waals surface area contributed by atoms with Crippen LogP contribution in [0.5, 0.6) is 5.75 Å². The van der Waals surface area contributed by atoms with Gasteiger partial charge in [0.05, 0.1) is 33.0 Å². The Hall–Kier alpha value is -4.49. The highest BCUT2D eigenvalue weighted by Crippen LogP contribution is 2.50. The van der Waals surface area contributed by atoms with Gasteiger partial charge in [0.25, 0.3) is 0 Å². The average Bonchev–Trinajstić information content (AvgIpc) is 3.90. The highest BCUT2D eigenvalue weighted by molar-refractivity contribution is 7.84. The molecule has 25 heteroatoms. The van der Waals surface area contributed by atoms with Gasteiger partial charge in [0, 0.05) is 6.54 Å². The van der Waals surface area contributed by atoms with E-state index in [1.54, 1.807) is 24.3 Å². The third-order valence-corrected chi connectivity index (χ3v) is 10.8. The highest BCUT2D eigenvalue weighted by Gasteiger charge is 2.54. The molecule has 3 aliphatic heterocycles. The minimum atomic E-state index is -5.12. The van der Waals surface area contributed by atoms with Gasteiger partial charge in [0.2, 0.25) is 0 Å². The zero-order valence-corrected chi connectivity index (χ0v) is 29.1. The first-order valence-corrected chi connectivity index (χ1v) is 18.7. The Bertz CT molecular complexity index is 2300. The van der Waals surface area contributed by atoms with Crippen molar-refractivity contribution in [3.8, 4) is 5.75 Å². The van der Waals surface area contributed by atoms with Crippen LogP contribution in [0.1, 0.15) is 18.0 Å². The number of imidazole rings is 2.